The molecular formula is C46H61N3Na3O15S3+3. The maximum absolute atomic E-state index is 12.2. The number of nitrogens with one attached hydrogen (secondary N) is 1. The van der Waals surface area contributed by atoms with Gasteiger partial charge < -0.3 is 23.8 Å². The van der Waals surface area contributed by atoms with E-state index in [4.69, 9.17) is 14.3 Å². The minimum absolute atomic E-state index is 0. The molecule has 2 aromatic carbocycles. The summed E-state index contributed by atoms with van der Waals surface area (Å²) in [7, 11) is -10.4. The summed E-state index contributed by atoms with van der Waals surface area (Å²) in [6.07, 6.45) is 17.5. The Bertz CT molecular complexity index is 2610. The van der Waals surface area contributed by atoms with E-state index in [1.807, 2.05) is 56.4 Å². The van der Waals surface area contributed by atoms with Crippen LogP contribution in [0.25, 0.3) is 0 Å². The fraction of sp³-hybridized carbons (Fsp3) is 0.500. The molecule has 0 radical (unpaired) electrons. The van der Waals surface area contributed by atoms with Crippen LogP contribution in [0.3, 0.4) is 0 Å². The van der Waals surface area contributed by atoms with Crippen LogP contribution in [0, 0.1) is 0 Å². The number of anilines is 1. The molecule has 0 spiro atoms. The van der Waals surface area contributed by atoms with E-state index in [2.05, 4.69) is 4.90 Å². The quantitative estimate of drug-likeness (QED) is 0.0279. The van der Waals surface area contributed by atoms with E-state index in [1.54, 1.807) is 26.4 Å². The zero-order valence-corrected chi connectivity index (χ0v) is 49.7. The van der Waals surface area contributed by atoms with E-state index in [0.29, 0.717) is 61.8 Å². The third kappa shape index (κ3) is 16.7. The van der Waals surface area contributed by atoms with Crippen LogP contribution >= 0.6 is 0 Å². The Balaban J connectivity index is 0.00000560. The molecule has 3 heterocycles. The van der Waals surface area contributed by atoms with Crippen molar-refractivity contribution in [1.29, 1.82) is 0 Å². The van der Waals surface area contributed by atoms with Crippen LogP contribution in [0.1, 0.15) is 95.6 Å². The van der Waals surface area contributed by atoms with E-state index in [9.17, 15) is 53.3 Å². The van der Waals surface area contributed by atoms with Crippen molar-refractivity contribution in [2.45, 2.75) is 111 Å². The number of quaternary nitrogens is 1. The third-order valence-corrected chi connectivity index (χ3v) is 15.2. The summed E-state index contributed by atoms with van der Waals surface area (Å²) in [4.78, 5) is 43.2. The van der Waals surface area contributed by atoms with Gasteiger partial charge in [-0.2, -0.15) is 16.8 Å². The Morgan fingerprint density at radius 2 is 1.39 bits per heavy atom. The average Bonchev–Trinajstić information content (AvgIpc) is 3.78. The summed E-state index contributed by atoms with van der Waals surface area (Å²) in [5.74, 6) is -2.18. The molecule has 24 heteroatoms. The predicted octanol–water partition coefficient (Wildman–Crippen LogP) is -4.37. The number of amides is 2. The van der Waals surface area contributed by atoms with Crippen LogP contribution in [0.4, 0.5) is 11.4 Å². The van der Waals surface area contributed by atoms with Gasteiger partial charge in [-0.1, -0.05) is 49.6 Å². The van der Waals surface area contributed by atoms with E-state index in [1.165, 1.54) is 24.3 Å². The number of hydrogen-bond donors (Lipinski definition) is 3. The van der Waals surface area contributed by atoms with Crippen LogP contribution in [-0.4, -0.2) is 114 Å². The number of carbonyl (C=O) groups excluding carboxylic acids is 3. The number of carbonyl (C=O) groups is 3. The monoisotopic (exact) mass is 1060 g/mol. The molecule has 5 rings (SSSR count). The van der Waals surface area contributed by atoms with Crippen LogP contribution in [0.2, 0.25) is 0 Å². The predicted molar refractivity (Wildman–Crippen MR) is 246 cm³/mol. The van der Waals surface area contributed by atoms with Crippen LogP contribution in [0.15, 0.2) is 94.4 Å². The number of imide groups is 1. The number of nitrogens with zero attached hydrogens (tertiary/aromatic N) is 2. The Labute approximate surface area is 478 Å². The van der Waals surface area contributed by atoms with Crippen LogP contribution < -0.4 is 98.5 Å². The van der Waals surface area contributed by atoms with Crippen molar-refractivity contribution in [1.82, 2.24) is 5.06 Å². The van der Waals surface area contributed by atoms with E-state index in [-0.39, 0.29) is 137 Å². The van der Waals surface area contributed by atoms with Gasteiger partial charge in [-0.05, 0) is 94.0 Å². The molecular weight excluding hydrogens is 1000 g/mol. The van der Waals surface area contributed by atoms with Crippen LogP contribution in [-0.2, 0) is 69.9 Å². The molecule has 2 aromatic rings. The summed E-state index contributed by atoms with van der Waals surface area (Å²) in [5, 5.41) is 0.545. The zero-order chi connectivity index (χ0) is 49.2. The molecule has 3 N–H and O–H groups in total. The van der Waals surface area contributed by atoms with Gasteiger partial charge >= 0.3 is 94.6 Å². The van der Waals surface area contributed by atoms with Crippen molar-refractivity contribution in [3.8, 4) is 0 Å². The third-order valence-electron chi connectivity index (χ3n) is 12.8. The van der Waals surface area contributed by atoms with Gasteiger partial charge in [0.15, 0.2) is 0 Å². The molecule has 18 nitrogen and oxygen atoms in total. The van der Waals surface area contributed by atoms with Crippen molar-refractivity contribution < 1.29 is 161 Å². The minimum atomic E-state index is -4.76. The molecule has 0 bridgehead atoms. The van der Waals surface area contributed by atoms with Gasteiger partial charge in [0, 0.05) is 75.1 Å². The smallest absolute Gasteiger partial charge is 0.744 e. The fourth-order valence-electron chi connectivity index (χ4n) is 9.29. The van der Waals surface area contributed by atoms with Gasteiger partial charge in [-0.15, -0.1) is 5.06 Å². The average molecular weight is 1060 g/mol. The van der Waals surface area contributed by atoms with Crippen molar-refractivity contribution in [2.24, 2.45) is 0 Å². The summed E-state index contributed by atoms with van der Waals surface area (Å²) in [6, 6.07) is 8.47. The normalized spacial score (nSPS) is 21.9. The Morgan fingerprint density at radius 3 is 2.01 bits per heavy atom. The number of allylic oxidation sites excluding steroid dienone is 7. The van der Waals surface area contributed by atoms with Crippen molar-refractivity contribution in [3.05, 3.63) is 95.8 Å². The molecule has 0 aromatic heterocycles. The topological polar surface area (TPSA) is 256 Å². The number of benzene rings is 2. The molecule has 368 valence electrons. The van der Waals surface area contributed by atoms with Gasteiger partial charge in [0.2, 0.25) is 0 Å². The van der Waals surface area contributed by atoms with E-state index >= 15 is 0 Å². The molecule has 4 atom stereocenters. The summed E-state index contributed by atoms with van der Waals surface area (Å²) in [6.45, 7) is 5.63. The molecule has 70 heavy (non-hydrogen) atoms. The van der Waals surface area contributed by atoms with Crippen LogP contribution in [0.5, 0.6) is 0 Å². The van der Waals surface area contributed by atoms with Gasteiger partial charge in [0.25, 0.3) is 32.1 Å². The standard InChI is InChI=1S/C46H61N3O15S3.3Na/c1-45(25-15-31-65(53,54)55)36-32-34(66(56,57)58)20-22-39(36)48(28-30-63-4)40(45)16-11-7-5-8-12-17-41-46(2,26-29-62-3)37-33-35(67(59,60)61)19-21-38(37)47(41)27-14-10-6-9-13-18-44(52)64-49-42(50)23-24-43(49)51;;;/h5,7-8,11-12,16-17,19-22,32-33,40H,6,9-10,13-15,18,23-31H2,1-4H3,(H,53,54,55)(H,56,57,58)(H,59,60,61);;;/q;3*+1/b7-5+,12-8+,16-11+,41-17+;;;. The summed E-state index contributed by atoms with van der Waals surface area (Å²) < 4.78 is 115. The molecule has 1 saturated heterocycles. The van der Waals surface area contributed by atoms with Crippen molar-refractivity contribution >= 4 is 59.5 Å². The zero-order valence-electron chi connectivity index (χ0n) is 41.2. The Hall–Kier alpha value is -1.58. The first-order chi connectivity index (χ1) is 31.5. The first-order valence-electron chi connectivity index (χ1n) is 22.1. The summed E-state index contributed by atoms with van der Waals surface area (Å²) in [5.41, 5.74) is 2.13. The second kappa shape index (κ2) is 28.4. The molecule has 2 amide bonds. The number of rotatable bonds is 25. The molecule has 0 aliphatic carbocycles. The van der Waals surface area contributed by atoms with Crippen molar-refractivity contribution in [2.75, 3.05) is 51.2 Å². The second-order valence-corrected chi connectivity index (χ2v) is 21.7. The first kappa shape index (κ1) is 64.5. The number of hydroxylamine groups is 2. The maximum atomic E-state index is 12.2. The largest absolute Gasteiger partial charge is 1.00 e. The van der Waals surface area contributed by atoms with E-state index in [0.717, 1.165) is 41.2 Å². The van der Waals surface area contributed by atoms with Crippen molar-refractivity contribution in [3.63, 3.8) is 0 Å². The Morgan fingerprint density at radius 1 is 0.786 bits per heavy atom. The fourth-order valence-corrected chi connectivity index (χ4v) is 10.8. The SMILES string of the molecule is COCC[NH+]1c2ccc(S(=O)(=O)O)cc2C(C)(CCCS(=O)(=O)O)C1/C=C/C=C/C=C/C=C1/N(CCCCCCCC(=O)ON2C(=O)CCC2=O)c2ccc(S(=O)(=O)[O-])cc2C1(C)CCOC.[Na+].[Na+].[Na+]. The van der Waals surface area contributed by atoms with Gasteiger partial charge in [-0.3, -0.25) is 23.6 Å². The molecule has 3 aliphatic heterocycles. The molecule has 3 aliphatic rings. The minimum Gasteiger partial charge on any atom is -0.744 e. The van der Waals surface area contributed by atoms with Gasteiger partial charge in [0.05, 0.1) is 27.6 Å². The number of unbranched alkanes of at least 4 members (excludes halogenated alkanes) is 4. The molecule has 0 saturated carbocycles. The maximum Gasteiger partial charge on any atom is 1.00 e. The van der Waals surface area contributed by atoms with Gasteiger partial charge in [-0.25, -0.2) is 13.2 Å². The molecule has 1 fully saturated rings. The first-order valence-corrected chi connectivity index (χ1v) is 26.6. The summed E-state index contributed by atoms with van der Waals surface area (Å²) >= 11 is 0. The van der Waals surface area contributed by atoms with Gasteiger partial charge in [0.1, 0.15) is 28.4 Å². The molecule has 4 unspecified atom stereocenters. The number of fused-ring (bicyclic) bond motifs is 2. The number of methoxy groups -OCH3 is 2. The second-order valence-electron chi connectivity index (χ2n) is 17.4. The Kier molecular flexibility index (Phi) is 26.1. The number of ether oxygens (including phenoxy) is 2. The number of hydrogen-bond acceptors (Lipinski definition) is 14. The van der Waals surface area contributed by atoms with E-state index < -0.39 is 64.7 Å².